The molecule has 0 aliphatic heterocycles. The Morgan fingerprint density at radius 1 is 1.40 bits per heavy atom. The van der Waals surface area contributed by atoms with Crippen LogP contribution < -0.4 is 4.74 Å². The Morgan fingerprint density at radius 3 is 2.70 bits per heavy atom. The molecule has 0 heterocycles. The van der Waals surface area contributed by atoms with Gasteiger partial charge in [0.15, 0.2) is 5.12 Å². The van der Waals surface area contributed by atoms with Crippen LogP contribution in [0.1, 0.15) is 18.9 Å². The molecule has 0 N–H and O–H groups in total. The van der Waals surface area contributed by atoms with Gasteiger partial charge in [-0.2, -0.15) is 0 Å². The van der Waals surface area contributed by atoms with E-state index in [0.29, 0.717) is 12.2 Å². The van der Waals surface area contributed by atoms with Crippen LogP contribution in [-0.2, 0) is 4.79 Å². The number of carbonyl (C=O) groups excluding carboxylic acids is 1. The first kappa shape index (κ1) is 16.4. The highest BCUT2D eigenvalue weighted by Crippen LogP contribution is 2.24. The van der Waals surface area contributed by atoms with Gasteiger partial charge in [0.2, 0.25) is 0 Å². The fourth-order valence-electron chi connectivity index (χ4n) is 1.20. The molecule has 2 nitrogen and oxygen atoms in total. The molecule has 0 aliphatic rings. The van der Waals surface area contributed by atoms with Crippen molar-refractivity contribution < 1.29 is 27.1 Å². The molecule has 1 aromatic rings. The van der Waals surface area contributed by atoms with Crippen LogP contribution in [-0.4, -0.2) is 17.2 Å². The van der Waals surface area contributed by atoms with Crippen molar-refractivity contribution in [1.82, 2.24) is 0 Å². The third kappa shape index (κ3) is 6.48. The highest BCUT2D eigenvalue weighted by Gasteiger charge is 2.31. The number of hydrogen-bond donors (Lipinski definition) is 0. The Bertz CT molecular complexity index is 544. The van der Waals surface area contributed by atoms with Crippen LogP contribution >= 0.6 is 11.8 Å². The standard InChI is InChI=1S/C13H10F4O2S/c1-9(18)20-7-3-2-4-10-8-11(5-6-12(10)14)19-13(15,16)17/h5-6,8H,3,7H2,1H3. The van der Waals surface area contributed by atoms with Gasteiger partial charge in [0.25, 0.3) is 0 Å². The fourth-order valence-corrected chi connectivity index (χ4v) is 1.69. The Labute approximate surface area is 117 Å². The van der Waals surface area contributed by atoms with Crippen molar-refractivity contribution in [2.75, 3.05) is 5.75 Å². The first-order valence-electron chi connectivity index (χ1n) is 5.45. The topological polar surface area (TPSA) is 26.3 Å². The zero-order valence-corrected chi connectivity index (χ0v) is 11.2. The van der Waals surface area contributed by atoms with Crippen LogP contribution in [0.25, 0.3) is 0 Å². The number of carbonyl (C=O) groups is 1. The molecule has 0 aliphatic carbocycles. The van der Waals surface area contributed by atoms with Gasteiger partial charge in [0, 0.05) is 19.1 Å². The summed E-state index contributed by atoms with van der Waals surface area (Å²) < 4.78 is 53.1. The van der Waals surface area contributed by atoms with Crippen molar-refractivity contribution in [3.05, 3.63) is 29.6 Å². The third-order valence-electron chi connectivity index (χ3n) is 1.93. The monoisotopic (exact) mass is 306 g/mol. The lowest BCUT2D eigenvalue weighted by Gasteiger charge is -2.08. The van der Waals surface area contributed by atoms with Gasteiger partial charge in [-0.1, -0.05) is 23.6 Å². The smallest absolute Gasteiger partial charge is 0.406 e. The predicted octanol–water partition coefficient (Wildman–Crippen LogP) is 3.75. The molecule has 0 unspecified atom stereocenters. The molecule has 0 amide bonds. The van der Waals surface area contributed by atoms with Crippen molar-refractivity contribution in [3.63, 3.8) is 0 Å². The minimum absolute atomic E-state index is 0.0569. The zero-order chi connectivity index (χ0) is 15.2. The Hall–Kier alpha value is -1.68. The highest BCUT2D eigenvalue weighted by atomic mass is 32.2. The molecule has 0 spiro atoms. The van der Waals surface area contributed by atoms with Crippen molar-refractivity contribution >= 4 is 16.9 Å². The van der Waals surface area contributed by atoms with E-state index >= 15 is 0 Å². The lowest BCUT2D eigenvalue weighted by atomic mass is 10.2. The van der Waals surface area contributed by atoms with E-state index < -0.39 is 17.9 Å². The van der Waals surface area contributed by atoms with Gasteiger partial charge < -0.3 is 4.74 Å². The number of rotatable bonds is 3. The number of thioether (sulfide) groups is 1. The largest absolute Gasteiger partial charge is 0.573 e. The number of benzene rings is 1. The van der Waals surface area contributed by atoms with Gasteiger partial charge in [-0.3, -0.25) is 4.79 Å². The molecular formula is C13H10F4O2S. The minimum Gasteiger partial charge on any atom is -0.406 e. The van der Waals surface area contributed by atoms with Gasteiger partial charge in [-0.15, -0.1) is 13.2 Å². The van der Waals surface area contributed by atoms with Crippen LogP contribution in [0, 0.1) is 17.7 Å². The second kappa shape index (κ2) is 7.20. The number of hydrogen-bond acceptors (Lipinski definition) is 3. The summed E-state index contributed by atoms with van der Waals surface area (Å²) in [7, 11) is 0. The first-order chi connectivity index (χ1) is 9.28. The number of alkyl halides is 3. The lowest BCUT2D eigenvalue weighted by Crippen LogP contribution is -2.17. The van der Waals surface area contributed by atoms with Crippen molar-refractivity contribution in [2.24, 2.45) is 0 Å². The molecular weight excluding hydrogens is 296 g/mol. The van der Waals surface area contributed by atoms with Gasteiger partial charge in [0.1, 0.15) is 11.6 Å². The maximum absolute atomic E-state index is 13.3. The summed E-state index contributed by atoms with van der Waals surface area (Å²) in [5.41, 5.74) is -0.181. The molecule has 0 saturated heterocycles. The molecule has 20 heavy (non-hydrogen) atoms. The SMILES string of the molecule is CC(=O)SCCC#Cc1cc(OC(F)(F)F)ccc1F. The summed E-state index contributed by atoms with van der Waals surface area (Å²) in [4.78, 5) is 10.6. The van der Waals surface area contributed by atoms with E-state index in [4.69, 9.17) is 0 Å². The summed E-state index contributed by atoms with van der Waals surface area (Å²) in [6.45, 7) is 1.41. The van der Waals surface area contributed by atoms with E-state index in [1.807, 2.05) is 0 Å². The van der Waals surface area contributed by atoms with E-state index in [2.05, 4.69) is 16.6 Å². The van der Waals surface area contributed by atoms with E-state index in [0.717, 1.165) is 30.0 Å². The molecule has 0 atom stereocenters. The second-order valence-electron chi connectivity index (χ2n) is 3.58. The molecule has 0 fully saturated rings. The van der Waals surface area contributed by atoms with Crippen LogP contribution in [0.3, 0.4) is 0 Å². The average Bonchev–Trinajstić information content (AvgIpc) is 2.30. The quantitative estimate of drug-likeness (QED) is 0.483. The average molecular weight is 306 g/mol. The summed E-state index contributed by atoms with van der Waals surface area (Å²) in [5.74, 6) is 4.19. The van der Waals surface area contributed by atoms with Gasteiger partial charge in [-0.25, -0.2) is 4.39 Å². The van der Waals surface area contributed by atoms with Crippen molar-refractivity contribution in [2.45, 2.75) is 19.7 Å². The normalized spacial score (nSPS) is 10.7. The Kier molecular flexibility index (Phi) is 5.89. The summed E-state index contributed by atoms with van der Waals surface area (Å²) in [6.07, 6.45) is -4.51. The molecule has 0 bridgehead atoms. The van der Waals surface area contributed by atoms with E-state index in [9.17, 15) is 22.4 Å². The Balaban J connectivity index is 2.72. The summed E-state index contributed by atoms with van der Waals surface area (Å²) in [6, 6.07) is 2.61. The lowest BCUT2D eigenvalue weighted by molar-refractivity contribution is -0.274. The maximum Gasteiger partial charge on any atom is 0.573 e. The number of ether oxygens (including phenoxy) is 1. The maximum atomic E-state index is 13.3. The van der Waals surface area contributed by atoms with Gasteiger partial charge in [0.05, 0.1) is 5.56 Å². The van der Waals surface area contributed by atoms with Crippen LogP contribution in [0.2, 0.25) is 0 Å². The van der Waals surface area contributed by atoms with Crippen LogP contribution in [0.5, 0.6) is 5.75 Å². The van der Waals surface area contributed by atoms with Crippen LogP contribution in [0.4, 0.5) is 17.6 Å². The third-order valence-corrected chi connectivity index (χ3v) is 2.74. The number of halogens is 4. The Morgan fingerprint density at radius 2 is 2.10 bits per heavy atom. The van der Waals surface area contributed by atoms with E-state index in [1.165, 1.54) is 6.92 Å². The van der Waals surface area contributed by atoms with Gasteiger partial charge >= 0.3 is 6.36 Å². The van der Waals surface area contributed by atoms with E-state index in [1.54, 1.807) is 0 Å². The predicted molar refractivity (Wildman–Crippen MR) is 67.7 cm³/mol. The summed E-state index contributed by atoms with van der Waals surface area (Å²) in [5, 5.41) is -0.0569. The molecule has 1 rings (SSSR count). The van der Waals surface area contributed by atoms with Crippen LogP contribution in [0.15, 0.2) is 18.2 Å². The van der Waals surface area contributed by atoms with Crippen molar-refractivity contribution in [3.8, 4) is 17.6 Å². The van der Waals surface area contributed by atoms with Crippen molar-refractivity contribution in [1.29, 1.82) is 0 Å². The first-order valence-corrected chi connectivity index (χ1v) is 6.44. The molecule has 108 valence electrons. The highest BCUT2D eigenvalue weighted by molar-refractivity contribution is 8.13. The molecule has 1 aromatic carbocycles. The van der Waals surface area contributed by atoms with Gasteiger partial charge in [-0.05, 0) is 18.2 Å². The molecule has 0 saturated carbocycles. The fraction of sp³-hybridized carbons (Fsp3) is 0.308. The summed E-state index contributed by atoms with van der Waals surface area (Å²) >= 11 is 1.07. The molecule has 0 aromatic heterocycles. The van der Waals surface area contributed by atoms with E-state index in [-0.39, 0.29) is 10.7 Å². The molecule has 7 heteroatoms. The minimum atomic E-state index is -4.83. The second-order valence-corrected chi connectivity index (χ2v) is 4.85. The molecule has 0 radical (unpaired) electrons. The zero-order valence-electron chi connectivity index (χ0n) is 10.4.